The third kappa shape index (κ3) is 4.78. The van der Waals surface area contributed by atoms with Crippen LogP contribution in [0.1, 0.15) is 29.8 Å². The van der Waals surface area contributed by atoms with Gasteiger partial charge in [-0.05, 0) is 24.6 Å². The highest BCUT2D eigenvalue weighted by atomic mass is 16.5. The second kappa shape index (κ2) is 9.01. The molecule has 1 aromatic rings. The average Bonchev–Trinajstić information content (AvgIpc) is 2.67. The van der Waals surface area contributed by atoms with Crippen LogP contribution in [0.3, 0.4) is 0 Å². The Hall–Kier alpha value is -2.68. The Morgan fingerprint density at radius 2 is 1.71 bits per heavy atom. The highest BCUT2D eigenvalue weighted by Gasteiger charge is 2.29. The molecule has 0 amide bonds. The summed E-state index contributed by atoms with van der Waals surface area (Å²) in [6.07, 6.45) is -1.01. The summed E-state index contributed by atoms with van der Waals surface area (Å²) in [4.78, 5) is 24.6. The summed E-state index contributed by atoms with van der Waals surface area (Å²) in [5, 5.41) is 40.3. The molecule has 152 valence electrons. The molecule has 0 spiro atoms. The van der Waals surface area contributed by atoms with E-state index in [4.69, 9.17) is 9.47 Å². The van der Waals surface area contributed by atoms with Gasteiger partial charge in [-0.2, -0.15) is 0 Å². The fraction of sp³-hybridized carbons (Fsp3) is 0.400. The number of methoxy groups -OCH3 is 1. The van der Waals surface area contributed by atoms with E-state index in [1.807, 2.05) is 0 Å². The summed E-state index contributed by atoms with van der Waals surface area (Å²) >= 11 is 0. The van der Waals surface area contributed by atoms with Crippen LogP contribution in [0, 0.1) is 5.92 Å². The zero-order chi connectivity index (χ0) is 21.0. The molecule has 0 saturated heterocycles. The van der Waals surface area contributed by atoms with E-state index in [0.717, 1.165) is 12.2 Å². The van der Waals surface area contributed by atoms with Gasteiger partial charge < -0.3 is 29.9 Å². The number of rotatable bonds is 1. The number of hydrogen-bond donors (Lipinski definition) is 4. The number of carbonyl (C=O) groups is 2. The second-order valence-electron chi connectivity index (χ2n) is 6.63. The first-order valence-corrected chi connectivity index (χ1v) is 8.72. The van der Waals surface area contributed by atoms with Gasteiger partial charge in [-0.3, -0.25) is 4.79 Å². The van der Waals surface area contributed by atoms with E-state index in [-0.39, 0.29) is 22.6 Å². The van der Waals surface area contributed by atoms with Crippen LogP contribution in [-0.2, 0) is 9.53 Å². The van der Waals surface area contributed by atoms with E-state index >= 15 is 0 Å². The number of cyclic esters (lactones) is 1. The third-order valence-corrected chi connectivity index (χ3v) is 4.60. The van der Waals surface area contributed by atoms with Gasteiger partial charge in [0.2, 0.25) is 0 Å². The van der Waals surface area contributed by atoms with Gasteiger partial charge in [0.05, 0.1) is 7.11 Å². The summed E-state index contributed by atoms with van der Waals surface area (Å²) in [6, 6.07) is 2.69. The smallest absolute Gasteiger partial charge is 0.342 e. The number of carbonyl (C=O) groups excluding carboxylic acids is 2. The van der Waals surface area contributed by atoms with Crippen LogP contribution in [0.4, 0.5) is 0 Å². The maximum atomic E-state index is 12.6. The van der Waals surface area contributed by atoms with Crippen molar-refractivity contribution in [1.29, 1.82) is 0 Å². The number of esters is 1. The van der Waals surface area contributed by atoms with Crippen molar-refractivity contribution in [3.63, 3.8) is 0 Å². The lowest BCUT2D eigenvalue weighted by Crippen LogP contribution is -2.40. The van der Waals surface area contributed by atoms with Crippen molar-refractivity contribution in [1.82, 2.24) is 0 Å². The van der Waals surface area contributed by atoms with Crippen LogP contribution in [0.2, 0.25) is 0 Å². The standard InChI is InChI=1S/C20H24O8/c1-10-4-6-14(21)18(24)19(25)15(22)7-5-12-8-13(27-3)9-16(23)17(12)20(26)28-11(10)2/h4-11,15,18-19,22-25H,1-3H3/b6-4-,7-5+/t10-,11?,15?,18?,19?/m1/s1. The molecule has 1 aliphatic rings. The van der Waals surface area contributed by atoms with Gasteiger partial charge in [0.25, 0.3) is 0 Å². The number of phenolic OH excluding ortho intramolecular Hbond substituents is 1. The lowest BCUT2D eigenvalue weighted by molar-refractivity contribution is -0.131. The predicted molar refractivity (Wildman–Crippen MR) is 99.9 cm³/mol. The van der Waals surface area contributed by atoms with Gasteiger partial charge in [-0.25, -0.2) is 4.79 Å². The molecule has 1 aromatic carbocycles. The summed E-state index contributed by atoms with van der Waals surface area (Å²) in [5.41, 5.74) is 0.0248. The van der Waals surface area contributed by atoms with E-state index in [1.165, 1.54) is 31.4 Å². The number of ether oxygens (including phenoxy) is 2. The first-order chi connectivity index (χ1) is 13.1. The molecule has 5 atom stereocenters. The lowest BCUT2D eigenvalue weighted by Gasteiger charge is -2.21. The molecular weight excluding hydrogens is 368 g/mol. The maximum Gasteiger partial charge on any atom is 0.342 e. The molecule has 4 N–H and O–H groups in total. The Morgan fingerprint density at radius 1 is 1.04 bits per heavy atom. The number of aliphatic hydroxyl groups excluding tert-OH is 3. The number of aliphatic hydroxyl groups is 3. The van der Waals surface area contributed by atoms with Crippen molar-refractivity contribution >= 4 is 17.8 Å². The monoisotopic (exact) mass is 392 g/mol. The van der Waals surface area contributed by atoms with E-state index in [2.05, 4.69) is 0 Å². The summed E-state index contributed by atoms with van der Waals surface area (Å²) < 4.78 is 10.5. The number of ketones is 1. The topological polar surface area (TPSA) is 134 Å². The Balaban J connectivity index is 2.57. The van der Waals surface area contributed by atoms with Gasteiger partial charge >= 0.3 is 5.97 Å². The fourth-order valence-electron chi connectivity index (χ4n) is 2.60. The molecule has 0 fully saturated rings. The van der Waals surface area contributed by atoms with E-state index < -0.39 is 42.1 Å². The van der Waals surface area contributed by atoms with E-state index in [0.29, 0.717) is 0 Å². The molecule has 1 aliphatic heterocycles. The van der Waals surface area contributed by atoms with Crippen LogP contribution in [-0.4, -0.2) is 63.7 Å². The van der Waals surface area contributed by atoms with Crippen molar-refractivity contribution in [2.75, 3.05) is 7.11 Å². The SMILES string of the molecule is COc1cc(O)c2c(c1)/C=C/C(O)C(O)C(O)C(=O)/C=C\[C@@H](C)C(C)OC2=O. The molecule has 1 heterocycles. The van der Waals surface area contributed by atoms with Crippen molar-refractivity contribution in [2.24, 2.45) is 5.92 Å². The zero-order valence-corrected chi connectivity index (χ0v) is 15.8. The minimum absolute atomic E-state index is 0.143. The largest absolute Gasteiger partial charge is 0.507 e. The van der Waals surface area contributed by atoms with Crippen LogP contribution < -0.4 is 4.74 Å². The Kier molecular flexibility index (Phi) is 6.95. The quantitative estimate of drug-likeness (QED) is 0.516. The number of hydrogen-bond acceptors (Lipinski definition) is 8. The second-order valence-corrected chi connectivity index (χ2v) is 6.63. The van der Waals surface area contributed by atoms with Crippen molar-refractivity contribution in [2.45, 2.75) is 38.3 Å². The molecule has 0 aromatic heterocycles. The number of phenols is 1. The van der Waals surface area contributed by atoms with E-state index in [9.17, 15) is 30.0 Å². The van der Waals surface area contributed by atoms with Gasteiger partial charge in [-0.1, -0.05) is 25.2 Å². The van der Waals surface area contributed by atoms with Crippen molar-refractivity contribution in [3.05, 3.63) is 41.5 Å². The Morgan fingerprint density at radius 3 is 2.36 bits per heavy atom. The summed E-state index contributed by atoms with van der Waals surface area (Å²) in [6.45, 7) is 3.31. The minimum Gasteiger partial charge on any atom is -0.507 e. The molecule has 28 heavy (non-hydrogen) atoms. The molecule has 0 radical (unpaired) electrons. The van der Waals surface area contributed by atoms with Crippen molar-refractivity contribution < 1.29 is 39.5 Å². The average molecular weight is 392 g/mol. The highest BCUT2D eigenvalue weighted by Crippen LogP contribution is 2.30. The Labute approximate surface area is 162 Å². The minimum atomic E-state index is -1.83. The van der Waals surface area contributed by atoms with Crippen molar-refractivity contribution in [3.8, 4) is 11.5 Å². The fourth-order valence-corrected chi connectivity index (χ4v) is 2.60. The van der Waals surface area contributed by atoms with Crippen LogP contribution >= 0.6 is 0 Å². The summed E-state index contributed by atoms with van der Waals surface area (Å²) in [7, 11) is 1.38. The molecule has 0 bridgehead atoms. The predicted octanol–water partition coefficient (Wildman–Crippen LogP) is 0.817. The van der Waals surface area contributed by atoms with Gasteiger partial charge in [0.15, 0.2) is 5.78 Å². The molecular formula is C20H24O8. The maximum absolute atomic E-state index is 12.6. The molecule has 0 aliphatic carbocycles. The van der Waals surface area contributed by atoms with Crippen LogP contribution in [0.5, 0.6) is 11.5 Å². The van der Waals surface area contributed by atoms with Gasteiger partial charge in [-0.15, -0.1) is 0 Å². The van der Waals surface area contributed by atoms with Crippen LogP contribution in [0.15, 0.2) is 30.4 Å². The number of aromatic hydroxyl groups is 1. The van der Waals surface area contributed by atoms with Gasteiger partial charge in [0.1, 0.15) is 41.5 Å². The number of benzene rings is 1. The van der Waals surface area contributed by atoms with Gasteiger partial charge in [0, 0.05) is 12.0 Å². The number of fused-ring (bicyclic) bond motifs is 1. The molecule has 2 rings (SSSR count). The van der Waals surface area contributed by atoms with E-state index in [1.54, 1.807) is 13.8 Å². The molecule has 8 nitrogen and oxygen atoms in total. The zero-order valence-electron chi connectivity index (χ0n) is 15.8. The Bertz CT molecular complexity index is 798. The third-order valence-electron chi connectivity index (χ3n) is 4.60. The highest BCUT2D eigenvalue weighted by molar-refractivity contribution is 5.97. The molecule has 0 saturated carbocycles. The molecule has 8 heteroatoms. The normalized spacial score (nSPS) is 31.3. The first-order valence-electron chi connectivity index (χ1n) is 8.72. The lowest BCUT2D eigenvalue weighted by atomic mass is 9.98. The molecule has 4 unspecified atom stereocenters. The first kappa shape index (κ1) is 21.6. The van der Waals surface area contributed by atoms with Crippen LogP contribution in [0.25, 0.3) is 6.08 Å². The summed E-state index contributed by atoms with van der Waals surface area (Å²) in [5.74, 6) is -2.11.